The molecule has 0 aliphatic rings. The predicted octanol–water partition coefficient (Wildman–Crippen LogP) is 2.73. The number of ketones is 1. The summed E-state index contributed by atoms with van der Waals surface area (Å²) in [5.74, 6) is 0.943. The fourth-order valence-electron chi connectivity index (χ4n) is 1.65. The second kappa shape index (κ2) is 7.82. The number of aromatic nitrogens is 1. The van der Waals surface area contributed by atoms with Crippen molar-refractivity contribution in [3.8, 4) is 5.75 Å². The normalized spacial score (nSPS) is 12.2. The maximum absolute atomic E-state index is 12.0. The molecule has 0 saturated carbocycles. The van der Waals surface area contributed by atoms with Crippen LogP contribution in [0.2, 0.25) is 0 Å². The second-order valence-electron chi connectivity index (χ2n) is 4.45. The third-order valence-electron chi connectivity index (χ3n) is 2.49. The molecule has 0 amide bonds. The van der Waals surface area contributed by atoms with Gasteiger partial charge in [0.25, 0.3) is 0 Å². The Morgan fingerprint density at radius 1 is 1.44 bits per heavy atom. The summed E-state index contributed by atoms with van der Waals surface area (Å²) in [4.78, 5) is 16.0. The van der Waals surface area contributed by atoms with Gasteiger partial charge in [-0.1, -0.05) is 13.8 Å². The summed E-state index contributed by atoms with van der Waals surface area (Å²) in [6.07, 6.45) is 4.61. The van der Waals surface area contributed by atoms with Crippen molar-refractivity contribution in [1.82, 2.24) is 4.98 Å². The Hall–Kier alpha value is -1.42. The molecule has 0 bridgehead atoms. The van der Waals surface area contributed by atoms with Gasteiger partial charge in [-0.2, -0.15) is 0 Å². The highest BCUT2D eigenvalue weighted by atomic mass is 16.5. The zero-order chi connectivity index (χ0) is 13.4. The Bertz CT molecular complexity index is 379. The molecule has 4 nitrogen and oxygen atoms in total. The van der Waals surface area contributed by atoms with Crippen LogP contribution in [0, 0.1) is 5.92 Å². The van der Waals surface area contributed by atoms with E-state index in [9.17, 15) is 4.79 Å². The van der Waals surface area contributed by atoms with Crippen molar-refractivity contribution >= 4 is 5.78 Å². The van der Waals surface area contributed by atoms with Gasteiger partial charge in [0.1, 0.15) is 5.75 Å². The molecular formula is C14H21NO3. The molecule has 0 fully saturated rings. The number of carbonyl (C=O) groups is 1. The molecule has 0 N–H and O–H groups in total. The van der Waals surface area contributed by atoms with Crippen LogP contribution in [0.25, 0.3) is 0 Å². The number of nitrogens with zero attached hydrogens (tertiary/aromatic N) is 1. The van der Waals surface area contributed by atoms with Crippen molar-refractivity contribution in [2.45, 2.75) is 26.7 Å². The average Bonchev–Trinajstić information content (AvgIpc) is 2.37. The first-order chi connectivity index (χ1) is 8.67. The number of methoxy groups -OCH3 is 1. The minimum Gasteiger partial charge on any atom is -0.492 e. The third-order valence-corrected chi connectivity index (χ3v) is 2.49. The zero-order valence-electron chi connectivity index (χ0n) is 11.3. The molecule has 100 valence electrons. The van der Waals surface area contributed by atoms with Crippen LogP contribution in [-0.2, 0) is 4.74 Å². The molecule has 0 aliphatic carbocycles. The maximum atomic E-state index is 12.0. The van der Waals surface area contributed by atoms with E-state index in [0.717, 1.165) is 6.42 Å². The lowest BCUT2D eigenvalue weighted by Gasteiger charge is -2.10. The van der Waals surface area contributed by atoms with Crippen LogP contribution in [0.5, 0.6) is 5.75 Å². The largest absolute Gasteiger partial charge is 0.492 e. The Labute approximate surface area is 108 Å². The minimum absolute atomic E-state index is 0.0778. The van der Waals surface area contributed by atoms with Crippen molar-refractivity contribution in [2.75, 3.05) is 20.3 Å². The van der Waals surface area contributed by atoms with Gasteiger partial charge in [-0.05, 0) is 18.4 Å². The summed E-state index contributed by atoms with van der Waals surface area (Å²) in [6.45, 7) is 5.26. The number of pyridine rings is 1. The summed E-state index contributed by atoms with van der Waals surface area (Å²) in [5.41, 5.74) is 0.603. The molecule has 1 aromatic heterocycles. The molecule has 1 aromatic rings. The van der Waals surface area contributed by atoms with E-state index in [0.29, 0.717) is 30.9 Å². The maximum Gasteiger partial charge on any atom is 0.164 e. The van der Waals surface area contributed by atoms with Gasteiger partial charge in [0.15, 0.2) is 5.78 Å². The average molecular weight is 251 g/mol. The zero-order valence-corrected chi connectivity index (χ0v) is 11.3. The Kier molecular flexibility index (Phi) is 6.36. The highest BCUT2D eigenvalue weighted by Gasteiger charge is 2.12. The van der Waals surface area contributed by atoms with Gasteiger partial charge in [0.05, 0.1) is 12.8 Å². The van der Waals surface area contributed by atoms with E-state index in [1.165, 1.54) is 0 Å². The molecule has 1 atom stereocenters. The van der Waals surface area contributed by atoms with Gasteiger partial charge in [-0.3, -0.25) is 9.78 Å². The lowest BCUT2D eigenvalue weighted by molar-refractivity contribution is 0.0919. The van der Waals surface area contributed by atoms with E-state index in [1.54, 1.807) is 25.6 Å². The molecule has 1 heterocycles. The predicted molar refractivity (Wildman–Crippen MR) is 70.0 cm³/mol. The third kappa shape index (κ3) is 4.84. The number of hydrogen-bond donors (Lipinski definition) is 0. The van der Waals surface area contributed by atoms with Crippen LogP contribution in [0.4, 0.5) is 0 Å². The van der Waals surface area contributed by atoms with Gasteiger partial charge >= 0.3 is 0 Å². The van der Waals surface area contributed by atoms with E-state index >= 15 is 0 Å². The summed E-state index contributed by atoms with van der Waals surface area (Å²) < 4.78 is 10.5. The molecule has 0 saturated heterocycles. The Balaban J connectivity index is 2.62. The first kappa shape index (κ1) is 14.6. The van der Waals surface area contributed by atoms with Gasteiger partial charge in [-0.25, -0.2) is 0 Å². The number of carbonyl (C=O) groups excluding carboxylic acids is 1. The number of hydrogen-bond acceptors (Lipinski definition) is 4. The fourth-order valence-corrected chi connectivity index (χ4v) is 1.65. The van der Waals surface area contributed by atoms with Crippen LogP contribution in [0.1, 0.15) is 37.0 Å². The standard InChI is InChI=1S/C14H21NO3/c1-4-5-18-13-7-12(8-15-9-13)14(16)6-11(2)10-17-3/h7-9,11H,4-6,10H2,1-3H3. The Morgan fingerprint density at radius 3 is 2.89 bits per heavy atom. The van der Waals surface area contributed by atoms with E-state index in [2.05, 4.69) is 4.98 Å². The molecule has 1 rings (SSSR count). The number of rotatable bonds is 8. The fraction of sp³-hybridized carbons (Fsp3) is 0.571. The van der Waals surface area contributed by atoms with Crippen LogP contribution in [0.15, 0.2) is 18.5 Å². The smallest absolute Gasteiger partial charge is 0.164 e. The van der Waals surface area contributed by atoms with E-state index < -0.39 is 0 Å². The molecule has 0 spiro atoms. The van der Waals surface area contributed by atoms with E-state index in [4.69, 9.17) is 9.47 Å². The first-order valence-electron chi connectivity index (χ1n) is 6.27. The van der Waals surface area contributed by atoms with Crippen molar-refractivity contribution < 1.29 is 14.3 Å². The highest BCUT2D eigenvalue weighted by molar-refractivity contribution is 5.96. The van der Waals surface area contributed by atoms with Crippen LogP contribution < -0.4 is 4.74 Å². The minimum atomic E-state index is 0.0778. The van der Waals surface area contributed by atoms with Crippen LogP contribution >= 0.6 is 0 Å². The van der Waals surface area contributed by atoms with Crippen molar-refractivity contribution in [2.24, 2.45) is 5.92 Å². The molecule has 0 radical (unpaired) electrons. The van der Waals surface area contributed by atoms with Crippen molar-refractivity contribution in [3.05, 3.63) is 24.0 Å². The monoisotopic (exact) mass is 251 g/mol. The molecule has 18 heavy (non-hydrogen) atoms. The van der Waals surface area contributed by atoms with Gasteiger partial charge in [0.2, 0.25) is 0 Å². The Morgan fingerprint density at radius 2 is 2.22 bits per heavy atom. The van der Waals surface area contributed by atoms with E-state index in [-0.39, 0.29) is 11.7 Å². The highest BCUT2D eigenvalue weighted by Crippen LogP contribution is 2.15. The quantitative estimate of drug-likeness (QED) is 0.666. The second-order valence-corrected chi connectivity index (χ2v) is 4.45. The van der Waals surface area contributed by atoms with Crippen molar-refractivity contribution in [3.63, 3.8) is 0 Å². The van der Waals surface area contributed by atoms with Crippen LogP contribution in [-0.4, -0.2) is 31.1 Å². The van der Waals surface area contributed by atoms with Crippen LogP contribution in [0.3, 0.4) is 0 Å². The lowest BCUT2D eigenvalue weighted by Crippen LogP contribution is -2.11. The lowest BCUT2D eigenvalue weighted by atomic mass is 10.0. The van der Waals surface area contributed by atoms with E-state index in [1.807, 2.05) is 13.8 Å². The SMILES string of the molecule is CCCOc1cncc(C(=O)CC(C)COC)c1. The summed E-state index contributed by atoms with van der Waals surface area (Å²) in [6, 6.07) is 1.75. The number of Topliss-reactive ketones (excluding diaryl/α,β-unsaturated/α-hetero) is 1. The molecule has 1 unspecified atom stereocenters. The molecule has 0 aromatic carbocycles. The molecular weight excluding hydrogens is 230 g/mol. The summed E-state index contributed by atoms with van der Waals surface area (Å²) in [7, 11) is 1.64. The molecule has 4 heteroatoms. The first-order valence-corrected chi connectivity index (χ1v) is 6.27. The van der Waals surface area contributed by atoms with Gasteiger partial charge in [0, 0.05) is 31.9 Å². The van der Waals surface area contributed by atoms with Gasteiger partial charge in [-0.15, -0.1) is 0 Å². The molecule has 0 aliphatic heterocycles. The summed E-state index contributed by atoms with van der Waals surface area (Å²) in [5, 5.41) is 0. The number of ether oxygens (including phenoxy) is 2. The summed E-state index contributed by atoms with van der Waals surface area (Å²) >= 11 is 0. The topological polar surface area (TPSA) is 48.4 Å². The van der Waals surface area contributed by atoms with Gasteiger partial charge < -0.3 is 9.47 Å². The van der Waals surface area contributed by atoms with Crippen molar-refractivity contribution in [1.29, 1.82) is 0 Å².